The Morgan fingerprint density at radius 3 is 0.844 bits per heavy atom. The van der Waals surface area contributed by atoms with Gasteiger partial charge in [-0.25, -0.2) is 0 Å². The molecule has 32 heavy (non-hydrogen) atoms. The van der Waals surface area contributed by atoms with Gasteiger partial charge >= 0.3 is 8.72 Å². The molecule has 0 unspecified atom stereocenters. The average Bonchev–Trinajstić information content (AvgIpc) is 2.58. The molecule has 0 bridgehead atoms. The summed E-state index contributed by atoms with van der Waals surface area (Å²) in [5.41, 5.74) is 0. The molecule has 0 aromatic heterocycles. The summed E-state index contributed by atoms with van der Waals surface area (Å²) in [5, 5.41) is 0. The van der Waals surface area contributed by atoms with E-state index in [1.807, 2.05) is 0 Å². The molecule has 0 aliphatic carbocycles. The lowest BCUT2D eigenvalue weighted by Gasteiger charge is -2.56. The summed E-state index contributed by atoms with van der Waals surface area (Å²) in [6, 6.07) is 0. The predicted octanol–water partition coefficient (Wildman–Crippen LogP) is 6.26. The van der Waals surface area contributed by atoms with Crippen molar-refractivity contribution in [3.05, 3.63) is 0 Å². The van der Waals surface area contributed by atoms with Crippen molar-refractivity contribution in [2.75, 3.05) is 45.8 Å². The Hall–Kier alpha value is 0.0569. The molecule has 0 aromatic carbocycles. The third-order valence-corrected chi connectivity index (χ3v) is 9.91. The molecule has 0 saturated carbocycles. The maximum atomic E-state index is 4.33. The minimum atomic E-state index is -2.33. The van der Waals surface area contributed by atoms with Gasteiger partial charge in [-0.2, -0.15) is 0 Å². The number of rotatable bonds is 18. The summed E-state index contributed by atoms with van der Waals surface area (Å²) in [7, 11) is -2.33. The number of nitrogens with one attached hydrogen (secondary N) is 1. The molecule has 0 radical (unpaired) electrons. The lowest BCUT2D eigenvalue weighted by molar-refractivity contribution is 0.167. The number of hydrogen-bond acceptors (Lipinski definition) is 4. The standard InChI is InChI=1S/C27H62N4Si/c1-14-15-28-32(29(16-22(2)3)17-23(4)5,30(18-24(6)7)19-25(8)9)31(20-26(10)11)21-27(12)13/h22-28H,14-21H2,1-13H3. The summed E-state index contributed by atoms with van der Waals surface area (Å²) in [5.74, 6) is 3.94. The Bertz CT molecular complexity index is 373. The van der Waals surface area contributed by atoms with Crippen molar-refractivity contribution in [1.82, 2.24) is 18.7 Å². The molecule has 194 valence electrons. The topological polar surface area (TPSA) is 21.8 Å². The first-order valence-corrected chi connectivity index (χ1v) is 15.6. The summed E-state index contributed by atoms with van der Waals surface area (Å²) in [6.45, 7) is 39.2. The fourth-order valence-electron chi connectivity index (χ4n) is 4.86. The fourth-order valence-corrected chi connectivity index (χ4v) is 11.0. The molecule has 0 rings (SSSR count). The molecule has 0 fully saturated rings. The van der Waals surface area contributed by atoms with E-state index in [1.54, 1.807) is 0 Å². The van der Waals surface area contributed by atoms with Crippen molar-refractivity contribution < 1.29 is 0 Å². The second-order valence-electron chi connectivity index (χ2n) is 12.6. The quantitative estimate of drug-likeness (QED) is 0.238. The smallest absolute Gasteiger partial charge is 0.300 e. The molecule has 0 aliphatic rings. The summed E-state index contributed by atoms with van der Waals surface area (Å²) >= 11 is 0. The summed E-state index contributed by atoms with van der Waals surface area (Å²) in [4.78, 5) is 4.33. The lowest BCUT2D eigenvalue weighted by atomic mass is 10.2. The third kappa shape index (κ3) is 11.5. The van der Waals surface area contributed by atoms with E-state index in [2.05, 4.69) is 109 Å². The van der Waals surface area contributed by atoms with Crippen LogP contribution in [0.4, 0.5) is 0 Å². The second kappa shape index (κ2) is 15.9. The van der Waals surface area contributed by atoms with Crippen molar-refractivity contribution in [1.29, 1.82) is 0 Å². The summed E-state index contributed by atoms with van der Waals surface area (Å²) < 4.78 is 8.86. The van der Waals surface area contributed by atoms with Crippen LogP contribution < -0.4 is 4.98 Å². The first kappa shape index (κ1) is 32.1. The summed E-state index contributed by atoms with van der Waals surface area (Å²) in [6.07, 6.45) is 1.18. The van der Waals surface area contributed by atoms with Crippen LogP contribution in [-0.4, -0.2) is 68.2 Å². The van der Waals surface area contributed by atoms with Crippen LogP contribution in [0.2, 0.25) is 0 Å². The fraction of sp³-hybridized carbons (Fsp3) is 1.00. The highest BCUT2D eigenvalue weighted by Gasteiger charge is 2.52. The Balaban J connectivity index is 6.98. The second-order valence-corrected chi connectivity index (χ2v) is 16.2. The van der Waals surface area contributed by atoms with E-state index in [0.717, 1.165) is 6.54 Å². The van der Waals surface area contributed by atoms with Gasteiger partial charge in [-0.1, -0.05) is 90.0 Å². The van der Waals surface area contributed by atoms with Crippen molar-refractivity contribution in [2.24, 2.45) is 35.5 Å². The molecule has 0 aliphatic heterocycles. The van der Waals surface area contributed by atoms with Crippen LogP contribution >= 0.6 is 0 Å². The first-order valence-electron chi connectivity index (χ1n) is 13.8. The van der Waals surface area contributed by atoms with Crippen LogP contribution in [0.15, 0.2) is 0 Å². The molecule has 0 heterocycles. The highest BCUT2D eigenvalue weighted by Crippen LogP contribution is 2.26. The van der Waals surface area contributed by atoms with Crippen LogP contribution in [0, 0.1) is 35.5 Å². The van der Waals surface area contributed by atoms with Crippen LogP contribution in [-0.2, 0) is 0 Å². The largest absolute Gasteiger partial charge is 0.374 e. The molecule has 0 saturated heterocycles. The molecule has 0 atom stereocenters. The van der Waals surface area contributed by atoms with E-state index in [9.17, 15) is 0 Å². The minimum absolute atomic E-state index is 0.656. The van der Waals surface area contributed by atoms with Crippen LogP contribution in [0.1, 0.15) is 96.4 Å². The van der Waals surface area contributed by atoms with Crippen LogP contribution in [0.25, 0.3) is 0 Å². The third-order valence-electron chi connectivity index (χ3n) is 5.45. The predicted molar refractivity (Wildman–Crippen MR) is 148 cm³/mol. The maximum Gasteiger partial charge on any atom is 0.374 e. The monoisotopic (exact) mass is 470 g/mol. The zero-order valence-corrected chi connectivity index (χ0v) is 25.5. The highest BCUT2D eigenvalue weighted by molar-refractivity contribution is 6.69. The van der Waals surface area contributed by atoms with E-state index in [0.29, 0.717) is 35.5 Å². The zero-order chi connectivity index (χ0) is 25.1. The van der Waals surface area contributed by atoms with E-state index >= 15 is 0 Å². The van der Waals surface area contributed by atoms with E-state index in [4.69, 9.17) is 0 Å². The van der Waals surface area contributed by atoms with Crippen molar-refractivity contribution >= 4 is 8.72 Å². The van der Waals surface area contributed by atoms with Crippen LogP contribution in [0.3, 0.4) is 0 Å². The lowest BCUT2D eigenvalue weighted by Crippen LogP contribution is -2.84. The van der Waals surface area contributed by atoms with Crippen molar-refractivity contribution in [3.8, 4) is 0 Å². The Morgan fingerprint density at radius 1 is 0.469 bits per heavy atom. The molecule has 0 spiro atoms. The van der Waals surface area contributed by atoms with Gasteiger partial charge in [-0.05, 0) is 87.7 Å². The molecule has 5 heteroatoms. The molecular weight excluding hydrogens is 408 g/mol. The van der Waals surface area contributed by atoms with Gasteiger partial charge in [0.25, 0.3) is 0 Å². The van der Waals surface area contributed by atoms with Crippen molar-refractivity contribution in [3.63, 3.8) is 0 Å². The van der Waals surface area contributed by atoms with E-state index < -0.39 is 8.72 Å². The average molecular weight is 471 g/mol. The van der Waals surface area contributed by atoms with Gasteiger partial charge in [0.2, 0.25) is 0 Å². The Labute approximate surface area is 205 Å². The van der Waals surface area contributed by atoms with E-state index in [1.165, 1.54) is 45.7 Å². The highest BCUT2D eigenvalue weighted by atomic mass is 28.4. The maximum absolute atomic E-state index is 4.33. The Morgan fingerprint density at radius 2 is 0.688 bits per heavy atom. The van der Waals surface area contributed by atoms with Gasteiger partial charge in [0.15, 0.2) is 0 Å². The number of hydrogen-bond donors (Lipinski definition) is 1. The Kier molecular flexibility index (Phi) is 15.9. The normalized spacial score (nSPS) is 13.7. The molecule has 0 aromatic rings. The van der Waals surface area contributed by atoms with E-state index in [-0.39, 0.29) is 0 Å². The van der Waals surface area contributed by atoms with Gasteiger partial charge in [0, 0.05) is 0 Å². The SMILES string of the molecule is CCCN[Si](N(CC(C)C)CC(C)C)(N(CC(C)C)CC(C)C)N(CC(C)C)CC(C)C. The van der Waals surface area contributed by atoms with Crippen molar-refractivity contribution in [2.45, 2.75) is 96.4 Å². The van der Waals surface area contributed by atoms with Gasteiger partial charge < -0.3 is 4.98 Å². The van der Waals surface area contributed by atoms with Gasteiger partial charge in [0.1, 0.15) is 0 Å². The molecule has 0 amide bonds. The molecular formula is C27H62N4Si. The first-order chi connectivity index (χ1) is 14.8. The van der Waals surface area contributed by atoms with Gasteiger partial charge in [0.05, 0.1) is 0 Å². The van der Waals surface area contributed by atoms with Gasteiger partial charge in [-0.15, -0.1) is 0 Å². The number of nitrogens with zero attached hydrogens (tertiary/aromatic N) is 3. The molecule has 1 N–H and O–H groups in total. The van der Waals surface area contributed by atoms with Crippen LogP contribution in [0.5, 0.6) is 0 Å². The zero-order valence-electron chi connectivity index (χ0n) is 24.5. The molecule has 4 nitrogen and oxygen atoms in total. The van der Waals surface area contributed by atoms with Gasteiger partial charge in [-0.3, -0.25) is 13.7 Å². The minimum Gasteiger partial charge on any atom is -0.300 e.